The van der Waals surface area contributed by atoms with E-state index in [2.05, 4.69) is 10.4 Å². The fourth-order valence-corrected chi connectivity index (χ4v) is 2.11. The normalized spacial score (nSPS) is 10.8. The summed E-state index contributed by atoms with van der Waals surface area (Å²) in [6.45, 7) is 7.11. The Labute approximate surface area is 117 Å². The molecule has 0 amide bonds. The van der Waals surface area contributed by atoms with Gasteiger partial charge in [-0.2, -0.15) is 9.78 Å². The van der Waals surface area contributed by atoms with E-state index in [0.717, 1.165) is 17.7 Å². The van der Waals surface area contributed by atoms with Gasteiger partial charge in [-0.05, 0) is 43.7 Å². The van der Waals surface area contributed by atoms with Crippen LogP contribution in [0.25, 0.3) is 5.69 Å². The van der Waals surface area contributed by atoms with Gasteiger partial charge < -0.3 is 10.4 Å². The first kappa shape index (κ1) is 14.3. The second-order valence-corrected chi connectivity index (χ2v) is 4.85. The number of nitrogens with one attached hydrogen (secondary N) is 1. The maximum Gasteiger partial charge on any atom is 0.275 e. The molecule has 0 bridgehead atoms. The van der Waals surface area contributed by atoms with E-state index in [1.165, 1.54) is 10.7 Å². The van der Waals surface area contributed by atoms with Gasteiger partial charge >= 0.3 is 0 Å². The third kappa shape index (κ3) is 3.05. The highest BCUT2D eigenvalue weighted by Gasteiger charge is 2.09. The van der Waals surface area contributed by atoms with Crippen molar-refractivity contribution in [3.05, 3.63) is 51.4 Å². The van der Waals surface area contributed by atoms with Crippen LogP contribution >= 0.6 is 0 Å². The summed E-state index contributed by atoms with van der Waals surface area (Å²) >= 11 is 0. The van der Waals surface area contributed by atoms with Gasteiger partial charge in [-0.25, -0.2) is 0 Å². The van der Waals surface area contributed by atoms with Crippen molar-refractivity contribution < 1.29 is 5.11 Å². The van der Waals surface area contributed by atoms with Crippen molar-refractivity contribution in [1.29, 1.82) is 0 Å². The third-order valence-electron chi connectivity index (χ3n) is 2.98. The number of aromatic hydroxyl groups is 1. The molecule has 0 fully saturated rings. The number of nitrogens with zero attached hydrogens (tertiary/aromatic N) is 2. The Morgan fingerprint density at radius 2 is 1.85 bits per heavy atom. The van der Waals surface area contributed by atoms with Crippen LogP contribution < -0.4 is 10.9 Å². The molecule has 1 heterocycles. The zero-order chi connectivity index (χ0) is 14.7. The molecule has 0 unspecified atom stereocenters. The fourth-order valence-electron chi connectivity index (χ4n) is 2.11. The molecule has 2 aromatic rings. The first-order valence-corrected chi connectivity index (χ1v) is 6.63. The van der Waals surface area contributed by atoms with Crippen molar-refractivity contribution in [3.63, 3.8) is 0 Å². The van der Waals surface area contributed by atoms with Gasteiger partial charge in [0.25, 0.3) is 5.56 Å². The number of aromatic nitrogens is 2. The lowest BCUT2D eigenvalue weighted by molar-refractivity contribution is 0.452. The summed E-state index contributed by atoms with van der Waals surface area (Å²) in [6, 6.07) is 7.04. The summed E-state index contributed by atoms with van der Waals surface area (Å²) in [7, 11) is 0. The molecule has 0 atom stereocenters. The van der Waals surface area contributed by atoms with E-state index in [4.69, 9.17) is 0 Å². The van der Waals surface area contributed by atoms with Gasteiger partial charge in [0, 0.05) is 12.6 Å². The number of hydrogen-bond acceptors (Lipinski definition) is 4. The Balaban J connectivity index is 2.52. The molecule has 2 rings (SSSR count). The molecule has 5 nitrogen and oxygen atoms in total. The van der Waals surface area contributed by atoms with Crippen LogP contribution in [-0.2, 0) is 6.54 Å². The fraction of sp³-hybridized carbons (Fsp3) is 0.333. The van der Waals surface area contributed by atoms with Crippen LogP contribution in [0.3, 0.4) is 0 Å². The molecule has 2 N–H and O–H groups in total. The Kier molecular flexibility index (Phi) is 4.20. The van der Waals surface area contributed by atoms with E-state index < -0.39 is 0 Å². The minimum atomic E-state index is -0.340. The zero-order valence-electron chi connectivity index (χ0n) is 12.0. The largest absolute Gasteiger partial charge is 0.506 e. The molecular formula is C15H19N3O2. The van der Waals surface area contributed by atoms with Crippen molar-refractivity contribution in [3.8, 4) is 11.4 Å². The van der Waals surface area contributed by atoms with Gasteiger partial charge in [-0.3, -0.25) is 4.79 Å². The number of benzene rings is 1. The van der Waals surface area contributed by atoms with Crippen LogP contribution in [0.2, 0.25) is 0 Å². The van der Waals surface area contributed by atoms with Crippen LogP contribution in [0.5, 0.6) is 5.75 Å². The molecule has 0 saturated heterocycles. The predicted molar refractivity (Wildman–Crippen MR) is 78.4 cm³/mol. The third-order valence-corrected chi connectivity index (χ3v) is 2.98. The van der Waals surface area contributed by atoms with Gasteiger partial charge in [-0.1, -0.05) is 13.0 Å². The van der Waals surface area contributed by atoms with E-state index in [-0.39, 0.29) is 11.3 Å². The first-order valence-electron chi connectivity index (χ1n) is 6.63. The number of rotatable bonds is 4. The van der Waals surface area contributed by atoms with Gasteiger partial charge in [0.15, 0.2) is 0 Å². The highest BCUT2D eigenvalue weighted by molar-refractivity contribution is 5.39. The van der Waals surface area contributed by atoms with Crippen LogP contribution in [0, 0.1) is 13.8 Å². The van der Waals surface area contributed by atoms with E-state index in [1.807, 2.05) is 39.0 Å². The molecule has 1 aromatic carbocycles. The van der Waals surface area contributed by atoms with Crippen molar-refractivity contribution in [2.24, 2.45) is 0 Å². The molecule has 5 heteroatoms. The van der Waals surface area contributed by atoms with Crippen molar-refractivity contribution in [2.45, 2.75) is 27.3 Å². The van der Waals surface area contributed by atoms with Gasteiger partial charge in [-0.15, -0.1) is 0 Å². The lowest BCUT2D eigenvalue weighted by atomic mass is 10.1. The lowest BCUT2D eigenvalue weighted by Gasteiger charge is -2.10. The van der Waals surface area contributed by atoms with Crippen molar-refractivity contribution >= 4 is 0 Å². The van der Waals surface area contributed by atoms with Crippen molar-refractivity contribution in [1.82, 2.24) is 15.1 Å². The number of hydrogen-bond donors (Lipinski definition) is 2. The minimum absolute atomic E-state index is 0.0726. The molecule has 0 aliphatic rings. The van der Waals surface area contributed by atoms with E-state index in [9.17, 15) is 9.90 Å². The molecule has 0 spiro atoms. The first-order chi connectivity index (χ1) is 9.51. The van der Waals surface area contributed by atoms with Crippen LogP contribution in [0.1, 0.15) is 23.7 Å². The summed E-state index contributed by atoms with van der Waals surface area (Å²) in [4.78, 5) is 12.0. The van der Waals surface area contributed by atoms with Crippen LogP contribution in [-0.4, -0.2) is 21.4 Å². The van der Waals surface area contributed by atoms with Gasteiger partial charge in [0.1, 0.15) is 11.4 Å². The average Bonchev–Trinajstić information content (AvgIpc) is 2.36. The molecule has 0 radical (unpaired) electrons. The van der Waals surface area contributed by atoms with E-state index in [0.29, 0.717) is 17.9 Å². The summed E-state index contributed by atoms with van der Waals surface area (Å²) in [5.41, 5.74) is 2.97. The topological polar surface area (TPSA) is 67.2 Å². The second kappa shape index (κ2) is 5.88. The Hall–Kier alpha value is -2.14. The standard InChI is InChI=1S/C15H19N3O2/c1-4-16-9-13-14(19)8-15(20)18(17-13)12-6-10(2)5-11(3)7-12/h5-8,16,19H,4,9H2,1-3H3. The molecule has 0 aliphatic heterocycles. The monoisotopic (exact) mass is 273 g/mol. The Morgan fingerprint density at radius 3 is 2.45 bits per heavy atom. The van der Waals surface area contributed by atoms with Crippen LogP contribution in [0.4, 0.5) is 0 Å². The second-order valence-electron chi connectivity index (χ2n) is 4.85. The van der Waals surface area contributed by atoms with Crippen molar-refractivity contribution in [2.75, 3.05) is 6.54 Å². The van der Waals surface area contributed by atoms with E-state index >= 15 is 0 Å². The zero-order valence-corrected chi connectivity index (χ0v) is 12.0. The highest BCUT2D eigenvalue weighted by Crippen LogP contribution is 2.14. The summed E-state index contributed by atoms with van der Waals surface area (Å²) in [5.74, 6) is -0.0726. The molecule has 106 valence electrons. The smallest absolute Gasteiger partial charge is 0.275 e. The van der Waals surface area contributed by atoms with Gasteiger partial charge in [0.05, 0.1) is 5.69 Å². The maximum atomic E-state index is 12.0. The minimum Gasteiger partial charge on any atom is -0.506 e. The Morgan fingerprint density at radius 1 is 1.20 bits per heavy atom. The van der Waals surface area contributed by atoms with Crippen LogP contribution in [0.15, 0.2) is 29.1 Å². The van der Waals surface area contributed by atoms with Gasteiger partial charge in [0.2, 0.25) is 0 Å². The summed E-state index contributed by atoms with van der Waals surface area (Å²) in [5, 5.41) is 17.1. The molecule has 0 saturated carbocycles. The molecule has 20 heavy (non-hydrogen) atoms. The molecule has 0 aliphatic carbocycles. The van der Waals surface area contributed by atoms with E-state index in [1.54, 1.807) is 0 Å². The quantitative estimate of drug-likeness (QED) is 0.889. The predicted octanol–water partition coefficient (Wildman–Crippen LogP) is 1.66. The number of aryl methyl sites for hydroxylation is 2. The Bertz CT molecular complexity index is 657. The maximum absolute atomic E-state index is 12.0. The summed E-state index contributed by atoms with van der Waals surface area (Å²) < 4.78 is 1.33. The summed E-state index contributed by atoms with van der Waals surface area (Å²) in [6.07, 6.45) is 0. The lowest BCUT2D eigenvalue weighted by Crippen LogP contribution is -2.24. The SMILES string of the molecule is CCNCc1nn(-c2cc(C)cc(C)c2)c(=O)cc1O. The average molecular weight is 273 g/mol. The highest BCUT2D eigenvalue weighted by atomic mass is 16.3. The molecule has 1 aromatic heterocycles. The molecular weight excluding hydrogens is 254 g/mol.